The molecule has 0 amide bonds. The van der Waals surface area contributed by atoms with Gasteiger partial charge in [0.1, 0.15) is 0 Å². The Morgan fingerprint density at radius 3 is 2.95 bits per heavy atom. The molecule has 1 N–H and O–H groups in total. The first kappa shape index (κ1) is 12.3. The van der Waals surface area contributed by atoms with Crippen LogP contribution in [0.3, 0.4) is 0 Å². The Bertz CT molecular complexity index is 523. The molecule has 1 aromatic heterocycles. The van der Waals surface area contributed by atoms with Crippen molar-refractivity contribution in [2.45, 2.75) is 19.5 Å². The fraction of sp³-hybridized carbons (Fsp3) is 0.462. The largest absolute Gasteiger partial charge is 0.312 e. The van der Waals surface area contributed by atoms with E-state index >= 15 is 0 Å². The van der Waals surface area contributed by atoms with E-state index in [1.54, 1.807) is 0 Å². The van der Waals surface area contributed by atoms with E-state index in [9.17, 15) is 0 Å². The van der Waals surface area contributed by atoms with Crippen LogP contribution in [0.4, 0.5) is 0 Å². The van der Waals surface area contributed by atoms with Gasteiger partial charge in [-0.15, -0.1) is 5.10 Å². The van der Waals surface area contributed by atoms with Crippen LogP contribution >= 0.6 is 0 Å². The summed E-state index contributed by atoms with van der Waals surface area (Å²) >= 11 is 0. The minimum Gasteiger partial charge on any atom is -0.312 e. The van der Waals surface area contributed by atoms with Gasteiger partial charge in [-0.05, 0) is 29.5 Å². The van der Waals surface area contributed by atoms with Crippen molar-refractivity contribution in [1.82, 2.24) is 30.4 Å². The quantitative estimate of drug-likeness (QED) is 0.866. The molecule has 2 aromatic rings. The Balaban J connectivity index is 1.77. The summed E-state index contributed by atoms with van der Waals surface area (Å²) in [5.74, 6) is 0.889. The minimum atomic E-state index is 0.523. The fourth-order valence-electron chi connectivity index (χ4n) is 2.43. The average molecular weight is 258 g/mol. The third kappa shape index (κ3) is 2.80. The summed E-state index contributed by atoms with van der Waals surface area (Å²) in [6.45, 7) is 6.07. The second kappa shape index (κ2) is 5.46. The van der Waals surface area contributed by atoms with Gasteiger partial charge in [0.05, 0.1) is 12.2 Å². The molecule has 6 heteroatoms. The highest BCUT2D eigenvalue weighted by Gasteiger charge is 2.18. The Morgan fingerprint density at radius 1 is 1.32 bits per heavy atom. The summed E-state index contributed by atoms with van der Waals surface area (Å²) in [6, 6.07) is 10.5. The first-order chi connectivity index (χ1) is 9.33. The molecule has 0 spiro atoms. The molecular weight excluding hydrogens is 240 g/mol. The van der Waals surface area contributed by atoms with E-state index in [4.69, 9.17) is 0 Å². The zero-order valence-corrected chi connectivity index (χ0v) is 11.0. The number of para-hydroxylation sites is 1. The van der Waals surface area contributed by atoms with Gasteiger partial charge in [0.25, 0.3) is 0 Å². The van der Waals surface area contributed by atoms with Gasteiger partial charge >= 0.3 is 0 Å². The Labute approximate surface area is 112 Å². The lowest BCUT2D eigenvalue weighted by Gasteiger charge is -2.31. The summed E-state index contributed by atoms with van der Waals surface area (Å²) in [7, 11) is 0. The third-order valence-corrected chi connectivity index (χ3v) is 3.35. The molecular formula is C13H18N6. The van der Waals surface area contributed by atoms with Crippen molar-refractivity contribution in [2.75, 3.05) is 19.6 Å². The molecule has 0 saturated carbocycles. The molecule has 1 aromatic carbocycles. The number of benzene rings is 1. The number of rotatable bonds is 3. The molecule has 100 valence electrons. The van der Waals surface area contributed by atoms with Gasteiger partial charge in [0, 0.05) is 25.7 Å². The Morgan fingerprint density at radius 2 is 2.16 bits per heavy atom. The molecule has 1 aliphatic rings. The SMILES string of the molecule is C[C@H]1CN(Cc2nnnn2-c2ccccc2)CCN1. The maximum atomic E-state index is 4.15. The zero-order valence-electron chi connectivity index (χ0n) is 11.0. The highest BCUT2D eigenvalue weighted by Crippen LogP contribution is 2.10. The predicted octanol–water partition coefficient (Wildman–Crippen LogP) is 0.456. The second-order valence-corrected chi connectivity index (χ2v) is 4.93. The van der Waals surface area contributed by atoms with Gasteiger partial charge < -0.3 is 5.32 Å². The first-order valence-corrected chi connectivity index (χ1v) is 6.61. The average Bonchev–Trinajstić information content (AvgIpc) is 2.88. The highest BCUT2D eigenvalue weighted by molar-refractivity contribution is 5.30. The van der Waals surface area contributed by atoms with Crippen LogP contribution in [0.5, 0.6) is 0 Å². The Hall–Kier alpha value is -1.79. The molecule has 1 aliphatic heterocycles. The summed E-state index contributed by atoms with van der Waals surface area (Å²) in [5, 5.41) is 15.5. The zero-order chi connectivity index (χ0) is 13.1. The molecule has 0 aliphatic carbocycles. The van der Waals surface area contributed by atoms with E-state index in [1.165, 1.54) is 0 Å². The van der Waals surface area contributed by atoms with Crippen LogP contribution in [0, 0.1) is 0 Å². The van der Waals surface area contributed by atoms with Crippen molar-refractivity contribution in [1.29, 1.82) is 0 Å². The molecule has 1 atom stereocenters. The standard InChI is InChI=1S/C13H18N6/c1-11-9-18(8-7-14-11)10-13-15-16-17-19(13)12-5-3-2-4-6-12/h2-6,11,14H,7-10H2,1H3/t11-/m0/s1. The van der Waals surface area contributed by atoms with Gasteiger partial charge in [-0.3, -0.25) is 4.90 Å². The molecule has 1 fully saturated rings. The number of nitrogens with one attached hydrogen (secondary N) is 1. The molecule has 3 rings (SSSR count). The number of tetrazole rings is 1. The van der Waals surface area contributed by atoms with E-state index in [0.29, 0.717) is 6.04 Å². The van der Waals surface area contributed by atoms with Crippen LogP contribution in [0.1, 0.15) is 12.7 Å². The fourth-order valence-corrected chi connectivity index (χ4v) is 2.43. The summed E-state index contributed by atoms with van der Waals surface area (Å²) in [5.41, 5.74) is 1.01. The van der Waals surface area contributed by atoms with E-state index in [0.717, 1.165) is 37.7 Å². The van der Waals surface area contributed by atoms with Crippen LogP contribution in [-0.2, 0) is 6.54 Å². The number of nitrogens with zero attached hydrogens (tertiary/aromatic N) is 5. The second-order valence-electron chi connectivity index (χ2n) is 4.93. The van der Waals surface area contributed by atoms with Crippen molar-refractivity contribution in [3.8, 4) is 5.69 Å². The van der Waals surface area contributed by atoms with Crippen LogP contribution < -0.4 is 5.32 Å². The first-order valence-electron chi connectivity index (χ1n) is 6.61. The maximum absolute atomic E-state index is 4.15. The van der Waals surface area contributed by atoms with Crippen LogP contribution in [-0.4, -0.2) is 50.8 Å². The third-order valence-electron chi connectivity index (χ3n) is 3.35. The smallest absolute Gasteiger partial charge is 0.170 e. The monoisotopic (exact) mass is 258 g/mol. The number of hydrogen-bond donors (Lipinski definition) is 1. The maximum Gasteiger partial charge on any atom is 0.170 e. The Kier molecular flexibility index (Phi) is 3.52. The van der Waals surface area contributed by atoms with Crippen molar-refractivity contribution in [3.63, 3.8) is 0 Å². The minimum absolute atomic E-state index is 0.523. The molecule has 2 heterocycles. The number of piperazine rings is 1. The topological polar surface area (TPSA) is 58.9 Å². The predicted molar refractivity (Wildman–Crippen MR) is 71.9 cm³/mol. The van der Waals surface area contributed by atoms with Crippen molar-refractivity contribution < 1.29 is 0 Å². The van der Waals surface area contributed by atoms with Crippen LogP contribution in [0.15, 0.2) is 30.3 Å². The highest BCUT2D eigenvalue weighted by atomic mass is 15.5. The van der Waals surface area contributed by atoms with Gasteiger partial charge in [-0.2, -0.15) is 4.68 Å². The normalized spacial score (nSPS) is 20.6. The van der Waals surface area contributed by atoms with Crippen molar-refractivity contribution in [2.24, 2.45) is 0 Å². The lowest BCUT2D eigenvalue weighted by molar-refractivity contribution is 0.194. The van der Waals surface area contributed by atoms with E-state index in [1.807, 2.05) is 35.0 Å². The lowest BCUT2D eigenvalue weighted by Crippen LogP contribution is -2.48. The molecule has 0 unspecified atom stereocenters. The molecule has 6 nitrogen and oxygen atoms in total. The molecule has 19 heavy (non-hydrogen) atoms. The van der Waals surface area contributed by atoms with E-state index in [-0.39, 0.29) is 0 Å². The number of aromatic nitrogens is 4. The van der Waals surface area contributed by atoms with Gasteiger partial charge in [0.2, 0.25) is 0 Å². The van der Waals surface area contributed by atoms with Crippen LogP contribution in [0.25, 0.3) is 5.69 Å². The van der Waals surface area contributed by atoms with Crippen molar-refractivity contribution in [3.05, 3.63) is 36.2 Å². The van der Waals surface area contributed by atoms with Gasteiger partial charge in [-0.25, -0.2) is 0 Å². The molecule has 0 bridgehead atoms. The van der Waals surface area contributed by atoms with Gasteiger partial charge in [-0.1, -0.05) is 18.2 Å². The summed E-state index contributed by atoms with van der Waals surface area (Å²) in [4.78, 5) is 2.38. The lowest BCUT2D eigenvalue weighted by atomic mass is 10.2. The summed E-state index contributed by atoms with van der Waals surface area (Å²) < 4.78 is 1.81. The summed E-state index contributed by atoms with van der Waals surface area (Å²) in [6.07, 6.45) is 0. The van der Waals surface area contributed by atoms with E-state index < -0.39 is 0 Å². The molecule has 1 saturated heterocycles. The molecule has 0 radical (unpaired) electrons. The van der Waals surface area contributed by atoms with Crippen LogP contribution in [0.2, 0.25) is 0 Å². The number of hydrogen-bond acceptors (Lipinski definition) is 5. The van der Waals surface area contributed by atoms with Crippen molar-refractivity contribution >= 4 is 0 Å². The van der Waals surface area contributed by atoms with Gasteiger partial charge in [0.15, 0.2) is 5.82 Å². The van der Waals surface area contributed by atoms with E-state index in [2.05, 4.69) is 32.7 Å².